The molecule has 1 N–H and O–H groups in total. The van der Waals surface area contributed by atoms with Gasteiger partial charge in [0.1, 0.15) is 4.75 Å². The molecule has 114 valence electrons. The Morgan fingerprint density at radius 2 is 1.80 bits per heavy atom. The molecule has 1 aromatic carbocycles. The second-order valence-corrected chi connectivity index (χ2v) is 8.33. The molecular formula is C13H17BrF3NOS. The van der Waals surface area contributed by atoms with E-state index in [1.165, 1.54) is 12.1 Å². The van der Waals surface area contributed by atoms with E-state index >= 15 is 0 Å². The predicted molar refractivity (Wildman–Crippen MR) is 78.7 cm³/mol. The Kier molecular flexibility index (Phi) is 5.57. The van der Waals surface area contributed by atoms with Crippen molar-refractivity contribution in [2.45, 2.75) is 44.7 Å². The average molecular weight is 372 g/mol. The molecule has 1 unspecified atom stereocenters. The van der Waals surface area contributed by atoms with Gasteiger partial charge in [0.25, 0.3) is 0 Å². The van der Waals surface area contributed by atoms with Gasteiger partial charge in [0.15, 0.2) is 6.04 Å². The van der Waals surface area contributed by atoms with Crippen LogP contribution >= 0.6 is 15.9 Å². The molecule has 0 amide bonds. The van der Waals surface area contributed by atoms with Gasteiger partial charge in [0.05, 0.1) is 0 Å². The van der Waals surface area contributed by atoms with E-state index < -0.39 is 28.3 Å². The van der Waals surface area contributed by atoms with E-state index in [0.717, 1.165) is 4.47 Å². The van der Waals surface area contributed by atoms with Gasteiger partial charge in [-0.25, -0.2) is 0 Å². The van der Waals surface area contributed by atoms with Crippen LogP contribution in [0.2, 0.25) is 0 Å². The van der Waals surface area contributed by atoms with Crippen LogP contribution in [0.1, 0.15) is 37.9 Å². The molecule has 20 heavy (non-hydrogen) atoms. The van der Waals surface area contributed by atoms with Crippen LogP contribution in [0.15, 0.2) is 22.7 Å². The van der Waals surface area contributed by atoms with Gasteiger partial charge in [-0.2, -0.15) is 13.2 Å². The molecule has 0 saturated heterocycles. The van der Waals surface area contributed by atoms with Crippen LogP contribution in [0, 0.1) is 6.92 Å². The van der Waals surface area contributed by atoms with Crippen molar-refractivity contribution in [2.24, 2.45) is 0 Å². The van der Waals surface area contributed by atoms with Crippen molar-refractivity contribution in [3.05, 3.63) is 33.8 Å². The molecule has 7 heteroatoms. The highest BCUT2D eigenvalue weighted by Gasteiger charge is 2.45. The number of aryl methyl sites for hydroxylation is 1. The molecule has 0 aromatic heterocycles. The molecule has 2 nitrogen and oxygen atoms in total. The zero-order valence-corrected chi connectivity index (χ0v) is 14.0. The number of rotatable bonds is 3. The van der Waals surface area contributed by atoms with Crippen LogP contribution in [-0.2, 0) is 11.4 Å². The van der Waals surface area contributed by atoms with E-state index in [4.69, 9.17) is 0 Å². The topological polar surface area (TPSA) is 35.1 Å². The minimum Gasteiger partial charge on any atom is -0.598 e. The standard InChI is InChI=1S/C13H17BrF3NOS/c1-8-7-9(5-6-10(8)14)11(13(15,16)17)18-20(19)12(2,3)4/h5-7,11,18H,1-4H3/t11-,20?/m0/s1. The maximum Gasteiger partial charge on any atom is 0.412 e. The Bertz CT molecular complexity index is 474. The lowest BCUT2D eigenvalue weighted by Gasteiger charge is -2.29. The molecular weight excluding hydrogens is 355 g/mol. The van der Waals surface area contributed by atoms with E-state index in [0.29, 0.717) is 5.56 Å². The van der Waals surface area contributed by atoms with Crippen LogP contribution in [0.3, 0.4) is 0 Å². The first-order chi connectivity index (χ1) is 8.93. The van der Waals surface area contributed by atoms with E-state index in [1.54, 1.807) is 33.8 Å². The van der Waals surface area contributed by atoms with Gasteiger partial charge in [-0.05, 0) is 44.9 Å². The quantitative estimate of drug-likeness (QED) is 0.798. The zero-order chi connectivity index (χ0) is 15.7. The molecule has 0 spiro atoms. The van der Waals surface area contributed by atoms with Crippen LogP contribution < -0.4 is 4.72 Å². The third-order valence-electron chi connectivity index (χ3n) is 2.62. The van der Waals surface area contributed by atoms with Gasteiger partial charge in [-0.3, -0.25) is 0 Å². The van der Waals surface area contributed by atoms with Crippen LogP contribution in [0.25, 0.3) is 0 Å². The number of alkyl halides is 3. The maximum absolute atomic E-state index is 13.2. The fourth-order valence-corrected chi connectivity index (χ4v) is 2.54. The highest BCUT2D eigenvalue weighted by atomic mass is 79.9. The summed E-state index contributed by atoms with van der Waals surface area (Å²) in [6.45, 7) is 6.57. The number of hydrogen-bond acceptors (Lipinski definition) is 2. The van der Waals surface area contributed by atoms with E-state index in [9.17, 15) is 17.7 Å². The van der Waals surface area contributed by atoms with Gasteiger partial charge in [-0.1, -0.05) is 28.1 Å². The fourth-order valence-electron chi connectivity index (χ4n) is 1.46. The summed E-state index contributed by atoms with van der Waals surface area (Å²) in [6.07, 6.45) is -4.51. The minimum absolute atomic E-state index is 0.0517. The third-order valence-corrected chi connectivity index (χ3v) is 5.08. The van der Waals surface area contributed by atoms with Gasteiger partial charge >= 0.3 is 6.18 Å². The highest BCUT2D eigenvalue weighted by Crippen LogP contribution is 2.35. The lowest BCUT2D eigenvalue weighted by molar-refractivity contribution is -0.153. The van der Waals surface area contributed by atoms with Gasteiger partial charge in [0.2, 0.25) is 0 Å². The molecule has 0 aliphatic carbocycles. The summed E-state index contributed by atoms with van der Waals surface area (Å²) >= 11 is 1.44. The van der Waals surface area contributed by atoms with Gasteiger partial charge < -0.3 is 4.55 Å². The molecule has 0 heterocycles. The largest absolute Gasteiger partial charge is 0.598 e. The Balaban J connectivity index is 3.11. The van der Waals surface area contributed by atoms with Crippen molar-refractivity contribution in [1.29, 1.82) is 0 Å². The number of nitrogens with one attached hydrogen (secondary N) is 1. The number of benzene rings is 1. The lowest BCUT2D eigenvalue weighted by Crippen LogP contribution is -2.45. The molecule has 0 aliphatic rings. The summed E-state index contributed by atoms with van der Waals surface area (Å²) < 4.78 is 53.6. The summed E-state index contributed by atoms with van der Waals surface area (Å²) in [5.41, 5.74) is 0.746. The summed E-state index contributed by atoms with van der Waals surface area (Å²) in [4.78, 5) is 0. The highest BCUT2D eigenvalue weighted by molar-refractivity contribution is 9.10. The summed E-state index contributed by atoms with van der Waals surface area (Å²) in [6, 6.07) is 2.43. The lowest BCUT2D eigenvalue weighted by atomic mass is 10.1. The minimum atomic E-state index is -4.51. The molecule has 0 saturated carbocycles. The molecule has 0 fully saturated rings. The first-order valence-electron chi connectivity index (χ1n) is 5.93. The molecule has 2 atom stereocenters. The predicted octanol–water partition coefficient (Wildman–Crippen LogP) is 4.41. The van der Waals surface area contributed by atoms with Gasteiger partial charge in [-0.15, -0.1) is 4.72 Å². The van der Waals surface area contributed by atoms with Crippen molar-refractivity contribution in [3.8, 4) is 0 Å². The van der Waals surface area contributed by atoms with Crippen molar-refractivity contribution in [2.75, 3.05) is 0 Å². The molecule has 1 rings (SSSR count). The Morgan fingerprint density at radius 3 is 2.20 bits per heavy atom. The monoisotopic (exact) mass is 371 g/mol. The molecule has 0 aliphatic heterocycles. The van der Waals surface area contributed by atoms with Crippen molar-refractivity contribution < 1.29 is 17.7 Å². The Labute approximate surface area is 128 Å². The summed E-state index contributed by atoms with van der Waals surface area (Å²) in [7, 11) is 0. The number of halogens is 4. The fraction of sp³-hybridized carbons (Fsp3) is 0.538. The Hall–Kier alpha value is -0.240. The number of hydrogen-bond donors (Lipinski definition) is 1. The molecule has 0 radical (unpaired) electrons. The second-order valence-electron chi connectivity index (χ2n) is 5.48. The average Bonchev–Trinajstić information content (AvgIpc) is 2.26. The third kappa shape index (κ3) is 4.65. The van der Waals surface area contributed by atoms with E-state index in [2.05, 4.69) is 20.7 Å². The summed E-state index contributed by atoms with van der Waals surface area (Å²) in [5.74, 6) is 0. The van der Waals surface area contributed by atoms with Crippen LogP contribution in [-0.4, -0.2) is 15.5 Å². The smallest absolute Gasteiger partial charge is 0.412 e. The van der Waals surface area contributed by atoms with Crippen LogP contribution in [0.5, 0.6) is 0 Å². The van der Waals surface area contributed by atoms with E-state index in [-0.39, 0.29) is 5.56 Å². The second kappa shape index (κ2) is 6.25. The summed E-state index contributed by atoms with van der Waals surface area (Å²) in [5, 5.41) is 0. The van der Waals surface area contributed by atoms with Crippen molar-refractivity contribution in [1.82, 2.24) is 4.72 Å². The van der Waals surface area contributed by atoms with Crippen molar-refractivity contribution in [3.63, 3.8) is 0 Å². The SMILES string of the molecule is Cc1cc([C@H](N[S+]([O-])C(C)(C)C)C(F)(F)F)ccc1Br. The first kappa shape index (κ1) is 17.8. The van der Waals surface area contributed by atoms with Gasteiger partial charge in [0, 0.05) is 15.8 Å². The van der Waals surface area contributed by atoms with E-state index in [1.807, 2.05) is 0 Å². The van der Waals surface area contributed by atoms with Crippen molar-refractivity contribution >= 4 is 27.3 Å². The Morgan fingerprint density at radius 1 is 1.25 bits per heavy atom. The molecule has 0 bridgehead atoms. The normalized spacial score (nSPS) is 16.1. The maximum atomic E-state index is 13.2. The molecule has 1 aromatic rings. The van der Waals surface area contributed by atoms with Crippen LogP contribution in [0.4, 0.5) is 13.2 Å². The zero-order valence-electron chi connectivity index (χ0n) is 11.6. The first-order valence-corrected chi connectivity index (χ1v) is 7.88.